The van der Waals surface area contributed by atoms with Crippen LogP contribution in [0.4, 0.5) is 4.39 Å². The Morgan fingerprint density at radius 2 is 2.00 bits per heavy atom. The van der Waals surface area contributed by atoms with Crippen LogP contribution < -0.4 is 9.47 Å². The van der Waals surface area contributed by atoms with E-state index in [4.69, 9.17) is 21.1 Å². The highest BCUT2D eigenvalue weighted by Crippen LogP contribution is 2.27. The van der Waals surface area contributed by atoms with Gasteiger partial charge in [-0.25, -0.2) is 22.8 Å². The van der Waals surface area contributed by atoms with Crippen molar-refractivity contribution >= 4 is 21.6 Å². The van der Waals surface area contributed by atoms with Crippen molar-refractivity contribution < 1.29 is 22.3 Å². The largest absolute Gasteiger partial charge is 0.477 e. The van der Waals surface area contributed by atoms with Crippen LogP contribution in [0.2, 0.25) is 5.02 Å². The molecule has 1 atom stereocenters. The zero-order valence-corrected chi connectivity index (χ0v) is 15.5. The van der Waals surface area contributed by atoms with Gasteiger partial charge in [0, 0.05) is 18.9 Å². The number of ether oxygens (including phenoxy) is 2. The van der Waals surface area contributed by atoms with Crippen LogP contribution in [0.1, 0.15) is 12.8 Å². The molecule has 1 aromatic carbocycles. The Kier molecular flexibility index (Phi) is 5.59. The number of hydrogen-bond donors (Lipinski definition) is 0. The second kappa shape index (κ2) is 7.73. The SMILES string of the molecule is COc1nccnc1OC1CCCN(S(=O)(=O)c2ccc(F)c(Cl)c2)C1. The monoisotopic (exact) mass is 401 g/mol. The van der Waals surface area contributed by atoms with Crippen molar-refractivity contribution in [1.29, 1.82) is 0 Å². The van der Waals surface area contributed by atoms with Crippen LogP contribution in [-0.2, 0) is 10.0 Å². The molecule has 26 heavy (non-hydrogen) atoms. The van der Waals surface area contributed by atoms with E-state index in [2.05, 4.69) is 9.97 Å². The smallest absolute Gasteiger partial charge is 0.278 e. The lowest BCUT2D eigenvalue weighted by atomic mass is 10.1. The fourth-order valence-corrected chi connectivity index (χ4v) is 4.48. The predicted molar refractivity (Wildman–Crippen MR) is 92.4 cm³/mol. The molecule has 0 spiro atoms. The van der Waals surface area contributed by atoms with Crippen LogP contribution in [0.25, 0.3) is 0 Å². The molecule has 0 amide bonds. The van der Waals surface area contributed by atoms with Gasteiger partial charge in [0.2, 0.25) is 10.0 Å². The molecule has 140 valence electrons. The maximum Gasteiger partial charge on any atom is 0.278 e. The molecule has 7 nitrogen and oxygen atoms in total. The summed E-state index contributed by atoms with van der Waals surface area (Å²) in [5.41, 5.74) is 0. The number of aromatic nitrogens is 2. The van der Waals surface area contributed by atoms with Gasteiger partial charge >= 0.3 is 0 Å². The lowest BCUT2D eigenvalue weighted by molar-refractivity contribution is 0.119. The Hall–Kier alpha value is -1.97. The Morgan fingerprint density at radius 3 is 2.69 bits per heavy atom. The Labute approximate surface area is 155 Å². The molecule has 0 saturated carbocycles. The van der Waals surface area contributed by atoms with Crippen molar-refractivity contribution in [2.24, 2.45) is 0 Å². The van der Waals surface area contributed by atoms with Crippen LogP contribution in [0.5, 0.6) is 11.8 Å². The van der Waals surface area contributed by atoms with E-state index >= 15 is 0 Å². The van der Waals surface area contributed by atoms with Crippen LogP contribution in [0, 0.1) is 5.82 Å². The molecule has 1 saturated heterocycles. The average Bonchev–Trinajstić information content (AvgIpc) is 2.64. The van der Waals surface area contributed by atoms with E-state index < -0.39 is 21.9 Å². The third kappa shape index (κ3) is 3.89. The Bertz CT molecular complexity index is 897. The van der Waals surface area contributed by atoms with E-state index in [1.54, 1.807) is 0 Å². The molecule has 3 rings (SSSR count). The van der Waals surface area contributed by atoms with E-state index in [-0.39, 0.29) is 28.2 Å². The van der Waals surface area contributed by atoms with Gasteiger partial charge in [-0.1, -0.05) is 11.6 Å². The Balaban J connectivity index is 1.78. The van der Waals surface area contributed by atoms with Crippen molar-refractivity contribution in [1.82, 2.24) is 14.3 Å². The van der Waals surface area contributed by atoms with E-state index in [1.807, 2.05) is 0 Å². The summed E-state index contributed by atoms with van der Waals surface area (Å²) in [6.07, 6.45) is 3.81. The summed E-state index contributed by atoms with van der Waals surface area (Å²) in [6.45, 7) is 0.478. The summed E-state index contributed by atoms with van der Waals surface area (Å²) in [5, 5.41) is -0.236. The summed E-state index contributed by atoms with van der Waals surface area (Å²) in [6, 6.07) is 3.35. The molecule has 1 fully saturated rings. The fraction of sp³-hybridized carbons (Fsp3) is 0.375. The molecule has 2 heterocycles. The van der Waals surface area contributed by atoms with Gasteiger partial charge < -0.3 is 9.47 Å². The third-order valence-electron chi connectivity index (χ3n) is 3.97. The third-order valence-corrected chi connectivity index (χ3v) is 6.13. The van der Waals surface area contributed by atoms with E-state index in [0.717, 1.165) is 12.1 Å². The quantitative estimate of drug-likeness (QED) is 0.765. The summed E-state index contributed by atoms with van der Waals surface area (Å²) in [7, 11) is -2.36. The van der Waals surface area contributed by atoms with Gasteiger partial charge in [0.1, 0.15) is 11.9 Å². The minimum atomic E-state index is -3.81. The highest BCUT2D eigenvalue weighted by molar-refractivity contribution is 7.89. The first-order valence-corrected chi connectivity index (χ1v) is 9.70. The van der Waals surface area contributed by atoms with Crippen molar-refractivity contribution in [2.45, 2.75) is 23.8 Å². The zero-order valence-electron chi connectivity index (χ0n) is 13.9. The minimum absolute atomic E-state index is 0.0540. The zero-order chi connectivity index (χ0) is 18.7. The van der Waals surface area contributed by atoms with Crippen LogP contribution in [-0.4, -0.2) is 49.0 Å². The first-order valence-electron chi connectivity index (χ1n) is 7.88. The normalized spacial score (nSPS) is 18.5. The number of rotatable bonds is 5. The maximum atomic E-state index is 13.3. The lowest BCUT2D eigenvalue weighted by Gasteiger charge is -2.31. The molecule has 1 aromatic heterocycles. The number of nitrogens with zero attached hydrogens (tertiary/aromatic N) is 3. The molecule has 1 aliphatic heterocycles. The number of methoxy groups -OCH3 is 1. The molecule has 0 bridgehead atoms. The summed E-state index contributed by atoms with van der Waals surface area (Å²) < 4.78 is 51.1. The first-order chi connectivity index (χ1) is 12.4. The van der Waals surface area contributed by atoms with Crippen LogP contribution in [0.15, 0.2) is 35.5 Å². The van der Waals surface area contributed by atoms with Crippen molar-refractivity contribution in [3.05, 3.63) is 41.4 Å². The number of hydrogen-bond acceptors (Lipinski definition) is 6. The Morgan fingerprint density at radius 1 is 1.27 bits per heavy atom. The number of benzene rings is 1. The molecule has 2 aromatic rings. The van der Waals surface area contributed by atoms with Gasteiger partial charge in [-0.05, 0) is 31.0 Å². The van der Waals surface area contributed by atoms with Gasteiger partial charge in [0.05, 0.1) is 23.6 Å². The van der Waals surface area contributed by atoms with Gasteiger partial charge in [0.25, 0.3) is 11.8 Å². The average molecular weight is 402 g/mol. The second-order valence-corrected chi connectivity index (χ2v) is 8.04. The first kappa shape index (κ1) is 18.8. The van der Waals surface area contributed by atoms with Crippen molar-refractivity contribution in [2.75, 3.05) is 20.2 Å². The maximum absolute atomic E-state index is 13.3. The molecular weight excluding hydrogens is 385 g/mol. The van der Waals surface area contributed by atoms with Gasteiger partial charge in [-0.15, -0.1) is 0 Å². The molecular formula is C16H17ClFN3O4S. The summed E-state index contributed by atoms with van der Waals surface area (Å²) in [4.78, 5) is 8.02. The fourth-order valence-electron chi connectivity index (χ4n) is 2.70. The highest BCUT2D eigenvalue weighted by atomic mass is 35.5. The predicted octanol–water partition coefficient (Wildman–Crippen LogP) is 2.51. The van der Waals surface area contributed by atoms with Crippen LogP contribution in [0.3, 0.4) is 0 Å². The molecule has 1 aliphatic rings. The van der Waals surface area contributed by atoms with Crippen molar-refractivity contribution in [3.8, 4) is 11.8 Å². The van der Waals surface area contributed by atoms with Gasteiger partial charge in [-0.2, -0.15) is 4.31 Å². The van der Waals surface area contributed by atoms with E-state index in [9.17, 15) is 12.8 Å². The summed E-state index contributed by atoms with van der Waals surface area (Å²) in [5.74, 6) is -0.220. The standard InChI is InChI=1S/C16H17ClFN3O4S/c1-24-15-16(20-7-6-19-15)25-11-3-2-8-21(10-11)26(22,23)12-4-5-14(18)13(17)9-12/h4-7,9,11H,2-3,8,10H2,1H3. The molecule has 10 heteroatoms. The van der Waals surface area contributed by atoms with Crippen molar-refractivity contribution in [3.63, 3.8) is 0 Å². The van der Waals surface area contributed by atoms with Gasteiger partial charge in [-0.3, -0.25) is 0 Å². The van der Waals surface area contributed by atoms with Crippen LogP contribution >= 0.6 is 11.6 Å². The molecule has 0 radical (unpaired) electrons. The summed E-state index contributed by atoms with van der Waals surface area (Å²) >= 11 is 5.72. The highest BCUT2D eigenvalue weighted by Gasteiger charge is 2.32. The molecule has 1 unspecified atom stereocenters. The molecule has 0 N–H and O–H groups in total. The van der Waals surface area contributed by atoms with E-state index in [1.165, 1.54) is 29.9 Å². The topological polar surface area (TPSA) is 81.6 Å². The van der Waals surface area contributed by atoms with Gasteiger partial charge in [0.15, 0.2) is 0 Å². The minimum Gasteiger partial charge on any atom is -0.477 e. The number of sulfonamides is 1. The second-order valence-electron chi connectivity index (χ2n) is 5.69. The lowest BCUT2D eigenvalue weighted by Crippen LogP contribution is -2.44. The molecule has 0 aliphatic carbocycles. The number of piperidine rings is 1. The van der Waals surface area contributed by atoms with E-state index in [0.29, 0.717) is 19.4 Å². The number of halogens is 2.